The first-order chi connectivity index (χ1) is 7.95. The highest BCUT2D eigenvalue weighted by Gasteiger charge is 2.08. The zero-order chi connectivity index (χ0) is 10.8. The Kier molecular flexibility index (Phi) is 2.35. The van der Waals surface area contributed by atoms with Crippen molar-refractivity contribution in [2.75, 3.05) is 0 Å². The number of nitrogens with one attached hydrogen (secondary N) is 1. The summed E-state index contributed by atoms with van der Waals surface area (Å²) in [5.41, 5.74) is 3.74. The van der Waals surface area contributed by atoms with Gasteiger partial charge in [-0.15, -0.1) is 11.3 Å². The van der Waals surface area contributed by atoms with Crippen molar-refractivity contribution in [2.45, 2.75) is 0 Å². The molecule has 2 heteroatoms. The fraction of sp³-hybridized carbons (Fsp3) is 0. The normalized spacial score (nSPS) is 10.5. The molecule has 0 radical (unpaired) electrons. The van der Waals surface area contributed by atoms with Gasteiger partial charge in [0.05, 0.1) is 0 Å². The zero-order valence-corrected chi connectivity index (χ0v) is 9.50. The van der Waals surface area contributed by atoms with Crippen LogP contribution in [0.5, 0.6) is 0 Å². The molecule has 1 nitrogen and oxygen atoms in total. The third-order valence-electron chi connectivity index (χ3n) is 2.59. The van der Waals surface area contributed by atoms with E-state index in [4.69, 9.17) is 0 Å². The SMILES string of the molecule is c1ccc(-c2sccc2-c2ccc[nH]2)cc1. The number of rotatable bonds is 2. The summed E-state index contributed by atoms with van der Waals surface area (Å²) in [7, 11) is 0. The van der Waals surface area contributed by atoms with Crippen LogP contribution in [-0.4, -0.2) is 4.98 Å². The number of hydrogen-bond donors (Lipinski definition) is 1. The molecule has 2 aromatic heterocycles. The number of H-pyrrole nitrogens is 1. The second-order valence-corrected chi connectivity index (χ2v) is 4.53. The molecule has 0 amide bonds. The number of aromatic nitrogens is 1. The molecule has 1 aromatic carbocycles. The fourth-order valence-electron chi connectivity index (χ4n) is 1.83. The second kappa shape index (κ2) is 3.99. The van der Waals surface area contributed by atoms with Crippen LogP contribution >= 0.6 is 11.3 Å². The Bertz CT molecular complexity index is 564. The van der Waals surface area contributed by atoms with E-state index in [9.17, 15) is 0 Å². The molecule has 16 heavy (non-hydrogen) atoms. The molecule has 0 bridgehead atoms. The lowest BCUT2D eigenvalue weighted by Crippen LogP contribution is -1.77. The van der Waals surface area contributed by atoms with Gasteiger partial charge < -0.3 is 4.98 Å². The summed E-state index contributed by atoms with van der Waals surface area (Å²) in [4.78, 5) is 4.58. The monoisotopic (exact) mass is 225 g/mol. The Labute approximate surface area is 98.4 Å². The van der Waals surface area contributed by atoms with E-state index in [0.717, 1.165) is 0 Å². The predicted molar refractivity (Wildman–Crippen MR) is 69.5 cm³/mol. The van der Waals surface area contributed by atoms with Crippen molar-refractivity contribution in [1.82, 2.24) is 4.98 Å². The molecule has 2 heterocycles. The summed E-state index contributed by atoms with van der Waals surface area (Å²) in [6, 6.07) is 16.8. The summed E-state index contributed by atoms with van der Waals surface area (Å²) in [5.74, 6) is 0. The summed E-state index contributed by atoms with van der Waals surface area (Å²) in [5, 5.41) is 2.14. The molecule has 0 aliphatic rings. The van der Waals surface area contributed by atoms with Gasteiger partial charge in [0.2, 0.25) is 0 Å². The molecule has 0 atom stereocenters. The highest BCUT2D eigenvalue weighted by Crippen LogP contribution is 2.35. The highest BCUT2D eigenvalue weighted by atomic mass is 32.1. The fourth-order valence-corrected chi connectivity index (χ4v) is 2.75. The van der Waals surface area contributed by atoms with Gasteiger partial charge in [-0.05, 0) is 29.1 Å². The third kappa shape index (κ3) is 1.57. The van der Waals surface area contributed by atoms with E-state index in [0.29, 0.717) is 0 Å². The Morgan fingerprint density at radius 1 is 0.875 bits per heavy atom. The van der Waals surface area contributed by atoms with E-state index in [1.807, 2.05) is 18.3 Å². The van der Waals surface area contributed by atoms with Gasteiger partial charge in [-0.2, -0.15) is 0 Å². The maximum absolute atomic E-state index is 3.26. The van der Waals surface area contributed by atoms with Gasteiger partial charge >= 0.3 is 0 Å². The summed E-state index contributed by atoms with van der Waals surface area (Å²) in [6.07, 6.45) is 1.96. The van der Waals surface area contributed by atoms with Crippen molar-refractivity contribution < 1.29 is 0 Å². The Balaban J connectivity index is 2.14. The Hall–Kier alpha value is -1.80. The van der Waals surface area contributed by atoms with Crippen molar-refractivity contribution >= 4 is 11.3 Å². The smallest absolute Gasteiger partial charge is 0.0468 e. The summed E-state index contributed by atoms with van der Waals surface area (Å²) < 4.78 is 0. The van der Waals surface area contributed by atoms with Crippen LogP contribution < -0.4 is 0 Å². The Morgan fingerprint density at radius 3 is 2.50 bits per heavy atom. The van der Waals surface area contributed by atoms with E-state index in [1.165, 1.54) is 21.7 Å². The van der Waals surface area contributed by atoms with E-state index < -0.39 is 0 Å². The molecule has 1 N–H and O–H groups in total. The van der Waals surface area contributed by atoms with Crippen LogP contribution in [0.3, 0.4) is 0 Å². The van der Waals surface area contributed by atoms with Crippen LogP contribution in [0.4, 0.5) is 0 Å². The summed E-state index contributed by atoms with van der Waals surface area (Å²) in [6.45, 7) is 0. The second-order valence-electron chi connectivity index (χ2n) is 3.61. The molecule has 3 aromatic rings. The molecule has 0 aliphatic carbocycles. The topological polar surface area (TPSA) is 15.8 Å². The van der Waals surface area contributed by atoms with Gasteiger partial charge in [-0.3, -0.25) is 0 Å². The maximum Gasteiger partial charge on any atom is 0.0468 e. The van der Waals surface area contributed by atoms with Crippen LogP contribution in [-0.2, 0) is 0 Å². The zero-order valence-electron chi connectivity index (χ0n) is 8.68. The van der Waals surface area contributed by atoms with Crippen LogP contribution in [0.1, 0.15) is 0 Å². The molecule has 0 unspecified atom stereocenters. The molecular weight excluding hydrogens is 214 g/mol. The minimum atomic E-state index is 1.18. The molecule has 0 spiro atoms. The summed E-state index contributed by atoms with van der Waals surface area (Å²) >= 11 is 1.78. The average molecular weight is 225 g/mol. The molecule has 0 saturated heterocycles. The van der Waals surface area contributed by atoms with Gasteiger partial charge in [0.15, 0.2) is 0 Å². The Morgan fingerprint density at radius 2 is 1.75 bits per heavy atom. The number of hydrogen-bond acceptors (Lipinski definition) is 1. The highest BCUT2D eigenvalue weighted by molar-refractivity contribution is 7.14. The first kappa shape index (κ1) is 9.43. The molecule has 3 rings (SSSR count). The number of thiophene rings is 1. The van der Waals surface area contributed by atoms with Crippen molar-refractivity contribution in [3.05, 3.63) is 60.1 Å². The van der Waals surface area contributed by atoms with Gasteiger partial charge in [-0.25, -0.2) is 0 Å². The lowest BCUT2D eigenvalue weighted by molar-refractivity contribution is 1.41. The van der Waals surface area contributed by atoms with E-state index >= 15 is 0 Å². The van der Waals surface area contributed by atoms with Crippen molar-refractivity contribution in [3.8, 4) is 21.7 Å². The molecule has 0 saturated carbocycles. The van der Waals surface area contributed by atoms with Gasteiger partial charge in [-0.1, -0.05) is 30.3 Å². The minimum Gasteiger partial charge on any atom is -0.361 e. The standard InChI is InChI=1S/C14H11NS/c1-2-5-11(6-3-1)14-12(8-10-16-14)13-7-4-9-15-13/h1-10,15H. The molecule has 0 aliphatic heterocycles. The van der Waals surface area contributed by atoms with Gasteiger partial charge in [0.25, 0.3) is 0 Å². The quantitative estimate of drug-likeness (QED) is 0.665. The van der Waals surface area contributed by atoms with Crippen LogP contribution in [0.25, 0.3) is 21.7 Å². The van der Waals surface area contributed by atoms with E-state index in [-0.39, 0.29) is 0 Å². The molecular formula is C14H11NS. The minimum absolute atomic E-state index is 1.18. The van der Waals surface area contributed by atoms with Crippen LogP contribution in [0, 0.1) is 0 Å². The first-order valence-electron chi connectivity index (χ1n) is 5.22. The maximum atomic E-state index is 3.26. The van der Waals surface area contributed by atoms with E-state index in [2.05, 4.69) is 46.8 Å². The van der Waals surface area contributed by atoms with Crippen LogP contribution in [0.15, 0.2) is 60.1 Å². The average Bonchev–Trinajstić information content (AvgIpc) is 3.01. The van der Waals surface area contributed by atoms with Crippen molar-refractivity contribution in [3.63, 3.8) is 0 Å². The third-order valence-corrected chi connectivity index (χ3v) is 3.55. The first-order valence-corrected chi connectivity index (χ1v) is 6.10. The number of aromatic amines is 1. The van der Waals surface area contributed by atoms with Crippen molar-refractivity contribution in [1.29, 1.82) is 0 Å². The van der Waals surface area contributed by atoms with Crippen LogP contribution in [0.2, 0.25) is 0 Å². The molecule has 0 fully saturated rings. The largest absolute Gasteiger partial charge is 0.361 e. The number of benzene rings is 1. The van der Waals surface area contributed by atoms with Gasteiger partial charge in [0, 0.05) is 22.3 Å². The molecule has 78 valence electrons. The van der Waals surface area contributed by atoms with Crippen molar-refractivity contribution in [2.24, 2.45) is 0 Å². The lowest BCUT2D eigenvalue weighted by Gasteiger charge is -2.01. The van der Waals surface area contributed by atoms with E-state index in [1.54, 1.807) is 11.3 Å². The lowest BCUT2D eigenvalue weighted by atomic mass is 10.1. The predicted octanol–water partition coefficient (Wildman–Crippen LogP) is 4.41. The van der Waals surface area contributed by atoms with Gasteiger partial charge in [0.1, 0.15) is 0 Å².